The van der Waals surface area contributed by atoms with Crippen molar-refractivity contribution in [2.75, 3.05) is 19.5 Å². The second kappa shape index (κ2) is 6.64. The zero-order valence-electron chi connectivity index (χ0n) is 14.7. The average Bonchev–Trinajstić information content (AvgIpc) is 2.96. The van der Waals surface area contributed by atoms with E-state index in [0.29, 0.717) is 29.8 Å². The molecular formula is C19H18N4O3S. The molecule has 0 aliphatic heterocycles. The largest absolute Gasteiger partial charge is 0.384 e. The zero-order valence-corrected chi connectivity index (χ0v) is 15.5. The number of hydrogen-bond acceptors (Lipinski definition) is 6. The molecular weight excluding hydrogens is 364 g/mol. The van der Waals surface area contributed by atoms with Gasteiger partial charge in [-0.3, -0.25) is 0 Å². The predicted octanol–water partition coefficient (Wildman–Crippen LogP) is 2.65. The summed E-state index contributed by atoms with van der Waals surface area (Å²) in [5, 5.41) is 0. The highest BCUT2D eigenvalue weighted by molar-refractivity contribution is 7.92. The van der Waals surface area contributed by atoms with Crippen LogP contribution in [0.3, 0.4) is 0 Å². The molecule has 0 aliphatic carbocycles. The van der Waals surface area contributed by atoms with Crippen molar-refractivity contribution in [1.82, 2.24) is 14.5 Å². The molecule has 27 heavy (non-hydrogen) atoms. The first kappa shape index (κ1) is 17.4. The van der Waals surface area contributed by atoms with Crippen molar-refractivity contribution in [2.45, 2.75) is 16.3 Å². The predicted molar refractivity (Wildman–Crippen MR) is 103 cm³/mol. The van der Waals surface area contributed by atoms with E-state index in [9.17, 15) is 8.42 Å². The van der Waals surface area contributed by atoms with Crippen LogP contribution >= 0.6 is 0 Å². The quantitative estimate of drug-likeness (QED) is 0.569. The number of aromatic nitrogens is 3. The number of para-hydroxylation sites is 2. The van der Waals surface area contributed by atoms with Gasteiger partial charge in [0.15, 0.2) is 5.65 Å². The Bertz CT molecular complexity index is 1230. The van der Waals surface area contributed by atoms with Gasteiger partial charge in [-0.2, -0.15) is 0 Å². The SMILES string of the molecule is COCCn1c(N)c(S(=O)(=O)c2ccccc2)c2nc3ccccc3nc21. The third-order valence-electron chi connectivity index (χ3n) is 4.39. The molecule has 2 N–H and O–H groups in total. The second-order valence-electron chi connectivity index (χ2n) is 6.06. The normalized spacial score (nSPS) is 12.0. The standard InChI is InChI=1S/C19H18N4O3S/c1-26-12-11-23-18(20)17(27(24,25)13-7-3-2-4-8-13)16-19(23)22-15-10-6-5-9-14(15)21-16/h2-10H,11-12,20H2,1H3. The van der Waals surface area contributed by atoms with Crippen molar-refractivity contribution in [3.63, 3.8) is 0 Å². The van der Waals surface area contributed by atoms with E-state index in [1.54, 1.807) is 48.1 Å². The summed E-state index contributed by atoms with van der Waals surface area (Å²) in [6.45, 7) is 0.740. The first-order chi connectivity index (χ1) is 13.0. The highest BCUT2D eigenvalue weighted by Crippen LogP contribution is 2.35. The van der Waals surface area contributed by atoms with Crippen LogP contribution in [0.5, 0.6) is 0 Å². The van der Waals surface area contributed by atoms with E-state index < -0.39 is 9.84 Å². The zero-order chi connectivity index (χ0) is 19.0. The molecule has 4 rings (SSSR count). The molecule has 138 valence electrons. The molecule has 0 atom stereocenters. The van der Waals surface area contributed by atoms with E-state index in [4.69, 9.17) is 10.5 Å². The van der Waals surface area contributed by atoms with E-state index in [-0.39, 0.29) is 21.1 Å². The molecule has 2 heterocycles. The molecule has 0 spiro atoms. The number of fused-ring (bicyclic) bond motifs is 2. The molecule has 0 fully saturated rings. The van der Waals surface area contributed by atoms with Crippen LogP contribution in [0.1, 0.15) is 0 Å². The third kappa shape index (κ3) is 2.83. The van der Waals surface area contributed by atoms with Crippen molar-refractivity contribution >= 4 is 37.9 Å². The Hall–Kier alpha value is -2.97. The van der Waals surface area contributed by atoms with Crippen molar-refractivity contribution in [3.05, 3.63) is 54.6 Å². The van der Waals surface area contributed by atoms with E-state index in [1.165, 1.54) is 0 Å². The minimum absolute atomic E-state index is 0.0157. The summed E-state index contributed by atoms with van der Waals surface area (Å²) in [4.78, 5) is 9.34. The van der Waals surface area contributed by atoms with Crippen LogP contribution in [-0.4, -0.2) is 36.7 Å². The third-order valence-corrected chi connectivity index (χ3v) is 6.22. The van der Waals surface area contributed by atoms with Gasteiger partial charge in [0.05, 0.1) is 22.5 Å². The fourth-order valence-corrected chi connectivity index (χ4v) is 4.61. The Morgan fingerprint density at radius 1 is 1.00 bits per heavy atom. The molecule has 0 saturated carbocycles. The van der Waals surface area contributed by atoms with E-state index in [0.717, 1.165) is 0 Å². The minimum atomic E-state index is -3.86. The highest BCUT2D eigenvalue weighted by atomic mass is 32.2. The summed E-state index contributed by atoms with van der Waals surface area (Å²) in [6.07, 6.45) is 0. The van der Waals surface area contributed by atoms with Gasteiger partial charge >= 0.3 is 0 Å². The lowest BCUT2D eigenvalue weighted by Crippen LogP contribution is -2.10. The number of ether oxygens (including phenoxy) is 1. The smallest absolute Gasteiger partial charge is 0.212 e. The van der Waals surface area contributed by atoms with Gasteiger partial charge in [0.2, 0.25) is 9.84 Å². The Kier molecular flexibility index (Phi) is 4.29. The first-order valence-corrected chi connectivity index (χ1v) is 9.86. The summed E-state index contributed by atoms with van der Waals surface area (Å²) in [5.74, 6) is 0.112. The van der Waals surface area contributed by atoms with E-state index in [1.807, 2.05) is 18.2 Å². The summed E-state index contributed by atoms with van der Waals surface area (Å²) in [7, 11) is -2.28. The maximum absolute atomic E-state index is 13.3. The maximum atomic E-state index is 13.3. The Morgan fingerprint density at radius 3 is 2.30 bits per heavy atom. The number of nitrogen functional groups attached to an aromatic ring is 1. The number of methoxy groups -OCH3 is 1. The highest BCUT2D eigenvalue weighted by Gasteiger charge is 2.29. The molecule has 0 aliphatic rings. The maximum Gasteiger partial charge on any atom is 0.212 e. The summed E-state index contributed by atoms with van der Waals surface area (Å²) in [6, 6.07) is 15.5. The number of anilines is 1. The van der Waals surface area contributed by atoms with Gasteiger partial charge in [-0.05, 0) is 24.3 Å². The van der Waals surface area contributed by atoms with Gasteiger partial charge in [-0.15, -0.1) is 0 Å². The van der Waals surface area contributed by atoms with Gasteiger partial charge in [0.25, 0.3) is 0 Å². The second-order valence-corrected chi connectivity index (χ2v) is 7.95. The van der Waals surface area contributed by atoms with Crippen LogP contribution in [-0.2, 0) is 21.1 Å². The molecule has 0 bridgehead atoms. The fourth-order valence-electron chi connectivity index (χ4n) is 3.08. The minimum Gasteiger partial charge on any atom is -0.384 e. The molecule has 2 aromatic carbocycles. The first-order valence-electron chi connectivity index (χ1n) is 8.37. The number of rotatable bonds is 5. The van der Waals surface area contributed by atoms with Crippen LogP contribution in [0.4, 0.5) is 5.82 Å². The fraction of sp³-hybridized carbons (Fsp3) is 0.158. The number of benzene rings is 2. The van der Waals surface area contributed by atoms with Crippen LogP contribution in [0.25, 0.3) is 22.2 Å². The van der Waals surface area contributed by atoms with Crippen LogP contribution in [0.15, 0.2) is 64.4 Å². The molecule has 0 unspecified atom stereocenters. The van der Waals surface area contributed by atoms with Crippen LogP contribution in [0.2, 0.25) is 0 Å². The van der Waals surface area contributed by atoms with Gasteiger partial charge in [0.1, 0.15) is 16.2 Å². The molecule has 8 heteroatoms. The Balaban J connectivity index is 2.08. The number of nitrogens with two attached hydrogens (primary N) is 1. The lowest BCUT2D eigenvalue weighted by Gasteiger charge is -2.07. The van der Waals surface area contributed by atoms with Crippen molar-refractivity contribution in [3.8, 4) is 0 Å². The molecule has 0 amide bonds. The van der Waals surface area contributed by atoms with Gasteiger partial charge in [-0.25, -0.2) is 18.4 Å². The van der Waals surface area contributed by atoms with Crippen molar-refractivity contribution < 1.29 is 13.2 Å². The summed E-state index contributed by atoms with van der Waals surface area (Å²) >= 11 is 0. The molecule has 0 saturated heterocycles. The monoisotopic (exact) mass is 382 g/mol. The Morgan fingerprint density at radius 2 is 1.63 bits per heavy atom. The van der Waals surface area contributed by atoms with E-state index >= 15 is 0 Å². The molecule has 0 radical (unpaired) electrons. The summed E-state index contributed by atoms with van der Waals surface area (Å²) < 4.78 is 33.4. The number of sulfone groups is 1. The van der Waals surface area contributed by atoms with Gasteiger partial charge in [-0.1, -0.05) is 30.3 Å². The molecule has 7 nitrogen and oxygen atoms in total. The molecule has 4 aromatic rings. The average molecular weight is 382 g/mol. The molecule has 2 aromatic heterocycles. The Labute approximate surface area is 156 Å². The topological polar surface area (TPSA) is 100 Å². The number of hydrogen-bond donors (Lipinski definition) is 1. The number of nitrogens with zero attached hydrogens (tertiary/aromatic N) is 3. The lowest BCUT2D eigenvalue weighted by molar-refractivity contribution is 0.188. The lowest BCUT2D eigenvalue weighted by atomic mass is 10.3. The summed E-state index contributed by atoms with van der Waals surface area (Å²) in [5.41, 5.74) is 8.27. The van der Waals surface area contributed by atoms with E-state index in [2.05, 4.69) is 9.97 Å². The van der Waals surface area contributed by atoms with Gasteiger partial charge in [0, 0.05) is 13.7 Å². The van der Waals surface area contributed by atoms with Crippen LogP contribution in [0, 0.1) is 0 Å². The van der Waals surface area contributed by atoms with Gasteiger partial charge < -0.3 is 15.0 Å². The van der Waals surface area contributed by atoms with Crippen LogP contribution < -0.4 is 5.73 Å². The van der Waals surface area contributed by atoms with Crippen molar-refractivity contribution in [1.29, 1.82) is 0 Å². The van der Waals surface area contributed by atoms with Crippen molar-refractivity contribution in [2.24, 2.45) is 0 Å².